The fourth-order valence-corrected chi connectivity index (χ4v) is 1.83. The Bertz CT molecular complexity index is 506. The number of carboxylic acid groups (broad SMARTS) is 1. The molecule has 0 aromatic heterocycles. The van der Waals surface area contributed by atoms with Crippen LogP contribution in [-0.4, -0.2) is 40.6 Å². The van der Waals surface area contributed by atoms with Crippen molar-refractivity contribution in [3.8, 4) is 5.75 Å². The molecule has 0 saturated carbocycles. The predicted molar refractivity (Wildman–Crippen MR) is 75.6 cm³/mol. The molecule has 6 heteroatoms. The van der Waals surface area contributed by atoms with E-state index in [1.807, 2.05) is 6.92 Å². The summed E-state index contributed by atoms with van der Waals surface area (Å²) in [6.45, 7) is 4.69. The lowest BCUT2D eigenvalue weighted by molar-refractivity contribution is -0.149. The Morgan fingerprint density at radius 2 is 1.95 bits per heavy atom. The molecule has 1 aromatic rings. The number of hydrogen-bond acceptors (Lipinski definition) is 3. The van der Waals surface area contributed by atoms with Gasteiger partial charge in [-0.2, -0.15) is 0 Å². The average molecular weight is 297 g/mol. The molecule has 0 saturated heterocycles. The molecular formula is C15H20FNO4. The molecule has 1 N–H and O–H groups in total. The molecule has 116 valence electrons. The van der Waals surface area contributed by atoms with E-state index in [4.69, 9.17) is 9.84 Å². The highest BCUT2D eigenvalue weighted by atomic mass is 19.1. The zero-order valence-corrected chi connectivity index (χ0v) is 12.4. The van der Waals surface area contributed by atoms with Crippen LogP contribution in [0.15, 0.2) is 24.3 Å². The summed E-state index contributed by atoms with van der Waals surface area (Å²) in [4.78, 5) is 24.4. The van der Waals surface area contributed by atoms with E-state index >= 15 is 0 Å². The van der Waals surface area contributed by atoms with E-state index in [2.05, 4.69) is 0 Å². The van der Waals surface area contributed by atoms with E-state index in [0.29, 0.717) is 6.42 Å². The van der Waals surface area contributed by atoms with Crippen LogP contribution in [0.2, 0.25) is 0 Å². The highest BCUT2D eigenvalue weighted by Gasteiger charge is 2.27. The molecule has 1 amide bonds. The first kappa shape index (κ1) is 16.9. The monoisotopic (exact) mass is 297 g/mol. The van der Waals surface area contributed by atoms with Crippen LogP contribution < -0.4 is 4.74 Å². The van der Waals surface area contributed by atoms with Crippen molar-refractivity contribution in [1.29, 1.82) is 0 Å². The molecule has 0 radical (unpaired) electrons. The molecule has 5 nitrogen and oxygen atoms in total. The highest BCUT2D eigenvalue weighted by molar-refractivity contribution is 5.84. The standard InChI is InChI=1S/C15H20FNO4/c1-4-10(2)17(9-14(18)19)15(20)11(3)21-13-8-6-5-7-12(13)16/h5-8,10-11H,4,9H2,1-3H3,(H,18,19). The van der Waals surface area contributed by atoms with Gasteiger partial charge < -0.3 is 14.7 Å². The van der Waals surface area contributed by atoms with Crippen LogP contribution in [0.4, 0.5) is 4.39 Å². The number of rotatable bonds is 7. The number of nitrogens with zero attached hydrogens (tertiary/aromatic N) is 1. The van der Waals surface area contributed by atoms with Gasteiger partial charge in [0.15, 0.2) is 17.7 Å². The van der Waals surface area contributed by atoms with Gasteiger partial charge in [0.05, 0.1) is 0 Å². The second-order valence-corrected chi connectivity index (χ2v) is 4.81. The van der Waals surface area contributed by atoms with Crippen LogP contribution in [0.3, 0.4) is 0 Å². The number of hydrogen-bond donors (Lipinski definition) is 1. The molecule has 2 unspecified atom stereocenters. The Morgan fingerprint density at radius 3 is 2.48 bits per heavy atom. The van der Waals surface area contributed by atoms with Gasteiger partial charge in [0.2, 0.25) is 0 Å². The minimum absolute atomic E-state index is 0.0298. The van der Waals surface area contributed by atoms with Crippen molar-refractivity contribution in [1.82, 2.24) is 4.90 Å². The molecule has 0 aliphatic carbocycles. The van der Waals surface area contributed by atoms with Gasteiger partial charge in [0.1, 0.15) is 6.54 Å². The summed E-state index contributed by atoms with van der Waals surface area (Å²) in [5.74, 6) is -2.17. The summed E-state index contributed by atoms with van der Waals surface area (Å²) in [6.07, 6.45) is -0.346. The maximum Gasteiger partial charge on any atom is 0.323 e. The molecule has 0 aliphatic rings. The first-order valence-electron chi connectivity index (χ1n) is 6.80. The maximum atomic E-state index is 13.5. The Balaban J connectivity index is 2.83. The summed E-state index contributed by atoms with van der Waals surface area (Å²) in [7, 11) is 0. The number of ether oxygens (including phenoxy) is 1. The number of carbonyl (C=O) groups excluding carboxylic acids is 1. The molecule has 1 rings (SSSR count). The predicted octanol–water partition coefficient (Wildman–Crippen LogP) is 2.30. The van der Waals surface area contributed by atoms with Crippen LogP contribution in [0.1, 0.15) is 27.2 Å². The van der Waals surface area contributed by atoms with E-state index in [1.54, 1.807) is 13.0 Å². The summed E-state index contributed by atoms with van der Waals surface area (Å²) in [5.41, 5.74) is 0. The van der Waals surface area contributed by atoms with Crippen LogP contribution in [0.25, 0.3) is 0 Å². The summed E-state index contributed by atoms with van der Waals surface area (Å²) in [6, 6.07) is 5.53. The number of carboxylic acids is 1. The lowest BCUT2D eigenvalue weighted by Crippen LogP contribution is -2.47. The largest absolute Gasteiger partial charge is 0.480 e. The summed E-state index contributed by atoms with van der Waals surface area (Å²) in [5, 5.41) is 8.90. The molecule has 21 heavy (non-hydrogen) atoms. The van der Waals surface area contributed by atoms with E-state index in [1.165, 1.54) is 30.0 Å². The zero-order chi connectivity index (χ0) is 16.0. The molecule has 0 aliphatic heterocycles. The van der Waals surface area contributed by atoms with E-state index < -0.39 is 30.3 Å². The first-order valence-corrected chi connectivity index (χ1v) is 6.80. The van der Waals surface area contributed by atoms with Gasteiger partial charge >= 0.3 is 5.97 Å². The number of halogens is 1. The van der Waals surface area contributed by atoms with E-state index in [9.17, 15) is 14.0 Å². The van der Waals surface area contributed by atoms with Gasteiger partial charge in [0, 0.05) is 6.04 Å². The third kappa shape index (κ3) is 4.73. The zero-order valence-electron chi connectivity index (χ0n) is 12.4. The second-order valence-electron chi connectivity index (χ2n) is 4.81. The number of para-hydroxylation sites is 1. The van der Waals surface area contributed by atoms with Crippen molar-refractivity contribution in [2.45, 2.75) is 39.3 Å². The topological polar surface area (TPSA) is 66.8 Å². The quantitative estimate of drug-likeness (QED) is 0.838. The minimum atomic E-state index is -1.10. The fraction of sp³-hybridized carbons (Fsp3) is 0.467. The van der Waals surface area contributed by atoms with Crippen LogP contribution in [0, 0.1) is 5.82 Å². The third-order valence-corrected chi connectivity index (χ3v) is 3.20. The van der Waals surface area contributed by atoms with E-state index in [-0.39, 0.29) is 11.8 Å². The van der Waals surface area contributed by atoms with Crippen LogP contribution in [0.5, 0.6) is 5.75 Å². The van der Waals surface area contributed by atoms with Crippen LogP contribution in [-0.2, 0) is 9.59 Å². The Kier molecular flexibility index (Phi) is 6.14. The lowest BCUT2D eigenvalue weighted by atomic mass is 10.2. The minimum Gasteiger partial charge on any atom is -0.480 e. The molecule has 2 atom stereocenters. The SMILES string of the molecule is CCC(C)N(CC(=O)O)C(=O)C(C)Oc1ccccc1F. The van der Waals surface area contributed by atoms with Crippen molar-refractivity contribution in [2.75, 3.05) is 6.54 Å². The molecule has 0 spiro atoms. The van der Waals surface area contributed by atoms with Crippen molar-refractivity contribution in [3.63, 3.8) is 0 Å². The molecule has 1 aromatic carbocycles. The smallest absolute Gasteiger partial charge is 0.323 e. The lowest BCUT2D eigenvalue weighted by Gasteiger charge is -2.29. The second kappa shape index (κ2) is 7.61. The van der Waals surface area contributed by atoms with Gasteiger partial charge in [-0.3, -0.25) is 9.59 Å². The Morgan fingerprint density at radius 1 is 1.33 bits per heavy atom. The fourth-order valence-electron chi connectivity index (χ4n) is 1.83. The molecular weight excluding hydrogens is 277 g/mol. The van der Waals surface area contributed by atoms with Crippen molar-refractivity contribution < 1.29 is 23.8 Å². The van der Waals surface area contributed by atoms with Gasteiger partial charge in [-0.15, -0.1) is 0 Å². The highest BCUT2D eigenvalue weighted by Crippen LogP contribution is 2.18. The third-order valence-electron chi connectivity index (χ3n) is 3.20. The van der Waals surface area contributed by atoms with Crippen LogP contribution >= 0.6 is 0 Å². The molecule has 0 fully saturated rings. The van der Waals surface area contributed by atoms with Crippen molar-refractivity contribution in [2.24, 2.45) is 0 Å². The molecule has 0 bridgehead atoms. The summed E-state index contributed by atoms with van der Waals surface area (Å²) >= 11 is 0. The normalized spacial score (nSPS) is 13.3. The summed E-state index contributed by atoms with van der Waals surface area (Å²) < 4.78 is 18.8. The molecule has 0 heterocycles. The first-order chi connectivity index (χ1) is 9.86. The van der Waals surface area contributed by atoms with Crippen molar-refractivity contribution in [3.05, 3.63) is 30.1 Å². The van der Waals surface area contributed by atoms with Gasteiger partial charge in [-0.1, -0.05) is 19.1 Å². The average Bonchev–Trinajstić information content (AvgIpc) is 2.45. The van der Waals surface area contributed by atoms with E-state index in [0.717, 1.165) is 0 Å². The number of aliphatic carboxylic acids is 1. The van der Waals surface area contributed by atoms with Gasteiger partial charge in [-0.25, -0.2) is 4.39 Å². The number of carbonyl (C=O) groups is 2. The Hall–Kier alpha value is -2.11. The Labute approximate surface area is 123 Å². The van der Waals surface area contributed by atoms with Crippen molar-refractivity contribution >= 4 is 11.9 Å². The van der Waals surface area contributed by atoms with Gasteiger partial charge in [0.25, 0.3) is 5.91 Å². The number of benzene rings is 1. The maximum absolute atomic E-state index is 13.5. The number of amides is 1. The van der Waals surface area contributed by atoms with Gasteiger partial charge in [-0.05, 0) is 32.4 Å².